The van der Waals surface area contributed by atoms with Gasteiger partial charge < -0.3 is 29.9 Å². The Balaban J connectivity index is 0.000000725. The van der Waals surface area contributed by atoms with Crippen LogP contribution >= 0.6 is 0 Å². The number of aliphatic hydroxyl groups excluding tert-OH is 2. The molecular weight excluding hydrogens is 652 g/mol. The fourth-order valence-corrected chi connectivity index (χ4v) is 4.81. The summed E-state index contributed by atoms with van der Waals surface area (Å²) in [4.78, 5) is 25.1. The van der Waals surface area contributed by atoms with Crippen LogP contribution in [0.3, 0.4) is 0 Å². The normalized spacial score (nSPS) is 11.0. The monoisotopic (exact) mass is 716 g/mol. The summed E-state index contributed by atoms with van der Waals surface area (Å²) in [7, 11) is 2.00. The van der Waals surface area contributed by atoms with E-state index < -0.39 is 0 Å². The molecule has 8 heteroatoms. The first-order chi connectivity index (χ1) is 25.5. The van der Waals surface area contributed by atoms with Crippen molar-refractivity contribution in [1.29, 1.82) is 0 Å². The number of carbonyl (C=O) groups is 2. The molecule has 8 nitrogen and oxygen atoms in total. The Morgan fingerprint density at radius 2 is 1.08 bits per heavy atom. The van der Waals surface area contributed by atoms with Crippen LogP contribution in [-0.2, 0) is 22.3 Å². The second-order valence-corrected chi connectivity index (χ2v) is 11.4. The zero-order chi connectivity index (χ0) is 38.5. The highest BCUT2D eigenvalue weighted by atomic mass is 16.7. The third-order valence-electron chi connectivity index (χ3n) is 7.61. The van der Waals surface area contributed by atoms with E-state index in [1.54, 1.807) is 6.92 Å². The Kier molecular flexibility index (Phi) is 32.7. The van der Waals surface area contributed by atoms with Gasteiger partial charge >= 0.3 is 0 Å². The summed E-state index contributed by atoms with van der Waals surface area (Å²) >= 11 is 0. The van der Waals surface area contributed by atoms with Crippen LogP contribution < -0.4 is 5.32 Å². The van der Waals surface area contributed by atoms with Crippen LogP contribution in [-0.4, -0.2) is 93.6 Å². The van der Waals surface area contributed by atoms with Gasteiger partial charge in [-0.2, -0.15) is 0 Å². The van der Waals surface area contributed by atoms with Crippen molar-refractivity contribution in [2.24, 2.45) is 0 Å². The Bertz CT molecular complexity index is 1330. The summed E-state index contributed by atoms with van der Waals surface area (Å²) in [6.07, 6.45) is 5.26. The lowest BCUT2D eigenvalue weighted by molar-refractivity contribution is 0.0692. The Morgan fingerprint density at radius 1 is 0.635 bits per heavy atom. The second-order valence-electron chi connectivity index (χ2n) is 11.4. The van der Waals surface area contributed by atoms with Crippen LogP contribution in [0.25, 0.3) is 0 Å². The number of carbonyl (C=O) groups excluding carboxylic acids is 2. The van der Waals surface area contributed by atoms with Crippen LogP contribution in [0.2, 0.25) is 0 Å². The second kappa shape index (κ2) is 35.4. The van der Waals surface area contributed by atoms with E-state index in [4.69, 9.17) is 19.7 Å². The fraction of sp³-hybridized carbons (Fsp3) is 0.409. The smallest absolute Gasteiger partial charge is 0.164 e. The third-order valence-corrected chi connectivity index (χ3v) is 7.61. The molecule has 0 bridgehead atoms. The molecular formula is C44H64N2O6. The first-order valence-corrected chi connectivity index (χ1v) is 18.2. The van der Waals surface area contributed by atoms with Crippen molar-refractivity contribution in [2.45, 2.75) is 52.9 Å². The van der Waals surface area contributed by atoms with Gasteiger partial charge in [-0.25, -0.2) is 0 Å². The number of rotatable bonds is 15. The van der Waals surface area contributed by atoms with E-state index in [2.05, 4.69) is 84.7 Å². The lowest BCUT2D eigenvalue weighted by Gasteiger charge is -2.19. The van der Waals surface area contributed by atoms with Gasteiger partial charge in [0.25, 0.3) is 0 Å². The van der Waals surface area contributed by atoms with Crippen LogP contribution in [0.15, 0.2) is 121 Å². The Labute approximate surface area is 313 Å². The molecule has 4 aromatic carbocycles. The molecule has 4 aromatic rings. The van der Waals surface area contributed by atoms with Gasteiger partial charge in [-0.3, -0.25) is 9.59 Å². The van der Waals surface area contributed by atoms with Gasteiger partial charge in [0.1, 0.15) is 6.79 Å². The number of nitrogens with zero attached hydrogens (tertiary/aromatic N) is 1. The highest BCUT2D eigenvalue weighted by Gasteiger charge is 2.08. The maximum atomic E-state index is 12.1. The van der Waals surface area contributed by atoms with Crippen molar-refractivity contribution in [3.8, 4) is 0 Å². The lowest BCUT2D eigenvalue weighted by Crippen LogP contribution is -2.27. The first kappa shape index (κ1) is 48.0. The molecule has 0 aliphatic carbocycles. The van der Waals surface area contributed by atoms with E-state index in [1.165, 1.54) is 24.0 Å². The summed E-state index contributed by atoms with van der Waals surface area (Å²) in [5.74, 6) is 0.359. The molecule has 52 heavy (non-hydrogen) atoms. The van der Waals surface area contributed by atoms with Gasteiger partial charge in [0.15, 0.2) is 11.6 Å². The number of hydrogen-bond acceptors (Lipinski definition) is 8. The van der Waals surface area contributed by atoms with E-state index >= 15 is 0 Å². The highest BCUT2D eigenvalue weighted by molar-refractivity contribution is 5.96. The Hall–Kier alpha value is -4.02. The molecule has 1 aliphatic rings. The molecule has 0 atom stereocenters. The number of ketones is 2. The number of aryl methyl sites for hydroxylation is 2. The van der Waals surface area contributed by atoms with Gasteiger partial charge in [0.2, 0.25) is 0 Å². The zero-order valence-corrected chi connectivity index (χ0v) is 32.2. The largest absolute Gasteiger partial charge is 0.400 e. The third kappa shape index (κ3) is 25.9. The summed E-state index contributed by atoms with van der Waals surface area (Å²) in [6.45, 7) is 13.0. The highest BCUT2D eigenvalue weighted by Crippen LogP contribution is 2.07. The number of nitrogens with one attached hydrogen (secondary N) is 1. The maximum absolute atomic E-state index is 12.1. The predicted octanol–water partition coefficient (Wildman–Crippen LogP) is 7.54. The minimum atomic E-state index is 0.121. The molecule has 1 fully saturated rings. The SMILES string of the molecule is C1COCO1.CC(=O)c1ccccc1.CCN(CCCc1ccccc1)CCC(=O)c1ccccc1.CCNCCCc1ccccc1.CO.CO. The van der Waals surface area contributed by atoms with E-state index in [0.29, 0.717) is 13.2 Å². The standard InChI is InChI=1S/C20H25NO.C11H17N.C8H8O.C3H6O2.2CH4O/c1-2-21(16-9-12-18-10-5-3-6-11-18)17-15-20(22)19-13-7-4-8-14-19;1-2-12-10-6-9-11-7-4-3-5-8-11;1-7(9)8-5-3-2-4-6-8;1-2-5-3-4-1;2*1-2/h3-8,10-11,13-14H,2,9,12,15-17H2,1H3;3-5,7-8,12H,2,6,9-10H2,1H3;2-6H,1H3;1-3H2;2*2H,1H3. The molecule has 0 aromatic heterocycles. The molecule has 286 valence electrons. The van der Waals surface area contributed by atoms with Gasteiger partial charge in [0, 0.05) is 38.3 Å². The summed E-state index contributed by atoms with van der Waals surface area (Å²) < 4.78 is 9.44. The van der Waals surface area contributed by atoms with Gasteiger partial charge in [-0.1, -0.05) is 135 Å². The molecule has 1 aliphatic heterocycles. The zero-order valence-electron chi connectivity index (χ0n) is 32.2. The topological polar surface area (TPSA) is 108 Å². The summed E-state index contributed by atoms with van der Waals surface area (Å²) in [6, 6.07) is 40.0. The molecule has 0 amide bonds. The maximum Gasteiger partial charge on any atom is 0.164 e. The van der Waals surface area contributed by atoms with Crippen LogP contribution in [0.5, 0.6) is 0 Å². The molecule has 0 saturated carbocycles. The van der Waals surface area contributed by atoms with E-state index in [1.807, 2.05) is 60.7 Å². The molecule has 0 radical (unpaired) electrons. The number of ether oxygens (including phenoxy) is 2. The fourth-order valence-electron chi connectivity index (χ4n) is 4.81. The molecule has 3 N–H and O–H groups in total. The van der Waals surface area contributed by atoms with Gasteiger partial charge in [-0.15, -0.1) is 0 Å². The molecule has 0 spiro atoms. The van der Waals surface area contributed by atoms with Crippen molar-refractivity contribution >= 4 is 11.6 Å². The van der Waals surface area contributed by atoms with Crippen molar-refractivity contribution in [3.63, 3.8) is 0 Å². The molecule has 0 unspecified atom stereocenters. The Morgan fingerprint density at radius 3 is 1.46 bits per heavy atom. The summed E-state index contributed by atoms with van der Waals surface area (Å²) in [5.41, 5.74) is 4.43. The number of hydrogen-bond donors (Lipinski definition) is 3. The van der Waals surface area contributed by atoms with Crippen LogP contribution in [0.4, 0.5) is 0 Å². The lowest BCUT2D eigenvalue weighted by atomic mass is 10.1. The quantitative estimate of drug-likeness (QED) is 0.0856. The minimum Gasteiger partial charge on any atom is -0.400 e. The summed E-state index contributed by atoms with van der Waals surface area (Å²) in [5, 5.41) is 17.3. The van der Waals surface area contributed by atoms with Crippen molar-refractivity contribution < 1.29 is 29.3 Å². The first-order valence-electron chi connectivity index (χ1n) is 18.2. The van der Waals surface area contributed by atoms with E-state index in [-0.39, 0.29) is 11.6 Å². The number of Topliss-reactive ketones (excluding diaryl/α,β-unsaturated/α-hetero) is 2. The van der Waals surface area contributed by atoms with Gasteiger partial charge in [-0.05, 0) is 69.9 Å². The van der Waals surface area contributed by atoms with Crippen molar-refractivity contribution in [1.82, 2.24) is 10.2 Å². The molecule has 1 saturated heterocycles. The van der Waals surface area contributed by atoms with E-state index in [0.717, 1.165) is 84.1 Å². The van der Waals surface area contributed by atoms with Gasteiger partial charge in [0.05, 0.1) is 13.2 Å². The van der Waals surface area contributed by atoms with E-state index in [9.17, 15) is 9.59 Å². The molecule has 1 heterocycles. The average molecular weight is 717 g/mol. The van der Waals surface area contributed by atoms with Crippen molar-refractivity contribution in [2.75, 3.05) is 67.0 Å². The minimum absolute atomic E-state index is 0.121. The predicted molar refractivity (Wildman–Crippen MR) is 215 cm³/mol. The average Bonchev–Trinajstić information content (AvgIpc) is 3.82. The number of aliphatic hydroxyl groups is 2. The van der Waals surface area contributed by atoms with Crippen LogP contribution in [0.1, 0.15) is 71.9 Å². The molecule has 5 rings (SSSR count). The van der Waals surface area contributed by atoms with Crippen LogP contribution in [0, 0.1) is 0 Å². The number of benzene rings is 4. The van der Waals surface area contributed by atoms with Crippen molar-refractivity contribution in [3.05, 3.63) is 144 Å².